The molecule has 0 aliphatic rings. The Bertz CT molecular complexity index is 1390. The number of pyridine rings is 2. The van der Waals surface area contributed by atoms with Gasteiger partial charge in [-0.3, -0.25) is 14.8 Å². The van der Waals surface area contributed by atoms with Gasteiger partial charge in [0.2, 0.25) is 0 Å². The van der Waals surface area contributed by atoms with Crippen LogP contribution < -0.4 is 0 Å². The van der Waals surface area contributed by atoms with Crippen molar-refractivity contribution < 1.29 is 59.3 Å². The third-order valence-corrected chi connectivity index (χ3v) is 5.45. The van der Waals surface area contributed by atoms with E-state index in [0.29, 0.717) is 11.1 Å². The van der Waals surface area contributed by atoms with Gasteiger partial charge in [0.05, 0.1) is 11.0 Å². The Hall–Kier alpha value is -2.73. The number of rotatable bonds is 3. The smallest absolute Gasteiger partial charge is 0.189 e. The van der Waals surface area contributed by atoms with Crippen LogP contribution in [-0.4, -0.2) is 20.9 Å². The molecule has 3 aromatic carbocycles. The van der Waals surface area contributed by atoms with Crippen molar-refractivity contribution in [2.75, 3.05) is 0 Å². The number of aliphatic hydroxyl groups is 1. The van der Waals surface area contributed by atoms with Gasteiger partial charge in [-0.15, -0.1) is 0 Å². The molecule has 2 heterocycles. The Balaban J connectivity index is 0.000000185. The second kappa shape index (κ2) is 12.1. The number of allylic oxidation sites excluding steroid dienone is 1. The summed E-state index contributed by atoms with van der Waals surface area (Å²) in [6.07, 6.45) is 4.94. The molecule has 34 heavy (non-hydrogen) atoms. The molecule has 5 aromatic rings. The number of aryl methyl sites for hydroxylation is 2. The summed E-state index contributed by atoms with van der Waals surface area (Å²) in [5, 5.41) is 12.2. The molecule has 5 heteroatoms. The van der Waals surface area contributed by atoms with Crippen LogP contribution in [0.25, 0.3) is 27.6 Å². The molecule has 2 aromatic heterocycles. The molecule has 0 aliphatic carbocycles. The number of benzene rings is 3. The molecule has 4 nitrogen and oxygen atoms in total. The number of aromatic nitrogens is 2. The second-order valence-corrected chi connectivity index (χ2v) is 7.74. The van der Waals surface area contributed by atoms with Crippen LogP contribution in [-0.2, 0) is 0 Å². The topological polar surface area (TPSA) is 63.1 Å². The Labute approximate surface area is 239 Å². The fourth-order valence-electron chi connectivity index (χ4n) is 3.61. The first-order valence-corrected chi connectivity index (χ1v) is 10.7. The minimum Gasteiger partial charge on any atom is -0.507 e. The zero-order valence-corrected chi connectivity index (χ0v) is 21.4. The monoisotopic (exact) mass is 585 g/mol. The normalized spacial score (nSPS) is 10.8. The first-order chi connectivity index (χ1) is 16.0. The fraction of sp³-hybridized carbons (Fsp3) is 0.0690. The van der Waals surface area contributed by atoms with Crippen LogP contribution in [0.3, 0.4) is 0 Å². The van der Waals surface area contributed by atoms with Gasteiger partial charge < -0.3 is 5.11 Å². The minimum atomic E-state index is -0.202. The molecule has 0 unspecified atom stereocenters. The number of hydrogen-bond donors (Lipinski definition) is 1. The van der Waals surface area contributed by atoms with Gasteiger partial charge in [-0.25, -0.2) is 0 Å². The Morgan fingerprint density at radius 3 is 1.59 bits per heavy atom. The molecule has 5 rings (SSSR count). The Morgan fingerprint density at radius 1 is 0.676 bits per heavy atom. The van der Waals surface area contributed by atoms with Crippen LogP contribution in [0.4, 0.5) is 0 Å². The van der Waals surface area contributed by atoms with Crippen LogP contribution in [0.15, 0.2) is 103 Å². The van der Waals surface area contributed by atoms with Crippen molar-refractivity contribution in [1.29, 1.82) is 0 Å². The van der Waals surface area contributed by atoms with E-state index in [2.05, 4.69) is 35.9 Å². The SMILES string of the molecule is Cc1ccnc2c1ccc1c(C)ccnc12.O=C(C=C(O)c1ccccc1)c1ccccc1.[Eu]. The zero-order valence-electron chi connectivity index (χ0n) is 18.9. The van der Waals surface area contributed by atoms with Gasteiger partial charge in [0.1, 0.15) is 5.76 Å². The van der Waals surface area contributed by atoms with E-state index in [4.69, 9.17) is 0 Å². The van der Waals surface area contributed by atoms with Crippen LogP contribution >= 0.6 is 0 Å². The summed E-state index contributed by atoms with van der Waals surface area (Å²) in [6.45, 7) is 4.21. The maximum atomic E-state index is 11.8. The summed E-state index contributed by atoms with van der Waals surface area (Å²) in [7, 11) is 0. The number of nitrogens with zero attached hydrogens (tertiary/aromatic N) is 2. The number of hydrogen-bond acceptors (Lipinski definition) is 4. The molecular weight excluding hydrogens is 560 g/mol. The first-order valence-electron chi connectivity index (χ1n) is 10.7. The molecule has 0 fully saturated rings. The third kappa shape index (κ3) is 6.03. The molecule has 0 saturated carbocycles. The summed E-state index contributed by atoms with van der Waals surface area (Å²) in [6, 6.07) is 26.2. The summed E-state index contributed by atoms with van der Waals surface area (Å²) in [5.41, 5.74) is 5.69. The molecule has 0 amide bonds. The molecule has 0 atom stereocenters. The molecule has 0 aliphatic heterocycles. The maximum Gasteiger partial charge on any atom is 0.189 e. The van der Waals surface area contributed by atoms with E-state index < -0.39 is 0 Å². The van der Waals surface area contributed by atoms with Crippen LogP contribution in [0, 0.1) is 63.2 Å². The fourth-order valence-corrected chi connectivity index (χ4v) is 3.61. The molecule has 1 N–H and O–H groups in total. The molecule has 0 saturated heterocycles. The molecule has 1 radical (unpaired) electrons. The van der Waals surface area contributed by atoms with E-state index in [-0.39, 0.29) is 60.9 Å². The van der Waals surface area contributed by atoms with E-state index in [1.807, 2.05) is 48.8 Å². The molecule has 169 valence electrons. The third-order valence-electron chi connectivity index (χ3n) is 5.45. The number of carbonyl (C=O) groups excluding carboxylic acids is 1. The van der Waals surface area contributed by atoms with Gasteiger partial charge in [-0.2, -0.15) is 0 Å². The predicted molar refractivity (Wildman–Crippen MR) is 134 cm³/mol. The summed E-state index contributed by atoms with van der Waals surface area (Å²) in [5.74, 6) is -0.216. The number of fused-ring (bicyclic) bond motifs is 3. The Morgan fingerprint density at radius 2 is 1.12 bits per heavy atom. The summed E-state index contributed by atoms with van der Waals surface area (Å²) in [4.78, 5) is 20.7. The van der Waals surface area contributed by atoms with Crippen LogP contribution in [0.1, 0.15) is 27.0 Å². The quantitative estimate of drug-likeness (QED) is 0.109. The molecular formula is C29H24EuN2O2. The maximum absolute atomic E-state index is 11.8. The van der Waals surface area contributed by atoms with Gasteiger partial charge in [-0.1, -0.05) is 72.8 Å². The number of aliphatic hydroxyl groups excluding tert-OH is 1. The van der Waals surface area contributed by atoms with Crippen LogP contribution in [0.5, 0.6) is 0 Å². The zero-order chi connectivity index (χ0) is 23.2. The molecule has 0 bridgehead atoms. The molecule has 0 spiro atoms. The van der Waals surface area contributed by atoms with Crippen molar-refractivity contribution >= 4 is 33.3 Å². The van der Waals surface area contributed by atoms with E-state index >= 15 is 0 Å². The van der Waals surface area contributed by atoms with Crippen molar-refractivity contribution in [1.82, 2.24) is 9.97 Å². The van der Waals surface area contributed by atoms with Crippen molar-refractivity contribution in [3.05, 3.63) is 126 Å². The minimum absolute atomic E-state index is 0. The number of carbonyl (C=O) groups is 1. The summed E-state index contributed by atoms with van der Waals surface area (Å²) >= 11 is 0. The van der Waals surface area contributed by atoms with E-state index in [9.17, 15) is 9.90 Å². The van der Waals surface area contributed by atoms with Crippen molar-refractivity contribution in [3.63, 3.8) is 0 Å². The van der Waals surface area contributed by atoms with Crippen LogP contribution in [0.2, 0.25) is 0 Å². The predicted octanol–water partition coefficient (Wildman–Crippen LogP) is 6.87. The number of ketones is 1. The van der Waals surface area contributed by atoms with Gasteiger partial charge in [0.25, 0.3) is 0 Å². The van der Waals surface area contributed by atoms with Crippen molar-refractivity contribution in [3.8, 4) is 0 Å². The van der Waals surface area contributed by atoms with E-state index in [0.717, 1.165) is 11.0 Å². The van der Waals surface area contributed by atoms with Gasteiger partial charge >= 0.3 is 0 Å². The summed E-state index contributed by atoms with van der Waals surface area (Å²) < 4.78 is 0. The second-order valence-electron chi connectivity index (χ2n) is 7.74. The van der Waals surface area contributed by atoms with Crippen molar-refractivity contribution in [2.24, 2.45) is 0 Å². The Kier molecular flexibility index (Phi) is 9.23. The van der Waals surface area contributed by atoms with Crippen molar-refractivity contribution in [2.45, 2.75) is 13.8 Å². The first kappa shape index (κ1) is 25.9. The standard InChI is InChI=1S/C15H12O2.C14H12N2.Eu/c16-14(12-7-3-1-4-8-12)11-15(17)13-9-5-2-6-10-13;1-9-5-7-15-13-11(9)3-4-12-10(2)6-8-16-14(12)13;/h1-11,16H;3-8H,1-2H3;. The van der Waals surface area contributed by atoms with E-state index in [1.165, 1.54) is 28.0 Å². The van der Waals surface area contributed by atoms with Gasteiger partial charge in [0.15, 0.2) is 5.78 Å². The largest absolute Gasteiger partial charge is 0.507 e. The van der Waals surface area contributed by atoms with Gasteiger partial charge in [-0.05, 0) is 37.1 Å². The van der Waals surface area contributed by atoms with E-state index in [1.54, 1.807) is 36.4 Å². The average molecular weight is 584 g/mol. The van der Waals surface area contributed by atoms with Gasteiger partial charge in [0, 0.05) is 89.7 Å². The average Bonchev–Trinajstić information content (AvgIpc) is 2.86.